The molecule has 3 nitrogen and oxygen atoms in total. The van der Waals surface area contributed by atoms with Crippen molar-refractivity contribution in [2.75, 3.05) is 0 Å². The molecule has 0 amide bonds. The van der Waals surface area contributed by atoms with Crippen molar-refractivity contribution < 1.29 is 13.6 Å². The highest BCUT2D eigenvalue weighted by Gasteiger charge is 2.13. The number of pyridine rings is 1. The standard InChI is InChI=1S/C8H4F2N2O/c9-8(10)7-1-6(4-13)12-3-5(7)2-11/h1,3-4,8H. The predicted octanol–water partition coefficient (Wildman–Crippen LogP) is 1.70. The van der Waals surface area contributed by atoms with Gasteiger partial charge >= 0.3 is 0 Å². The maximum absolute atomic E-state index is 12.2. The number of nitriles is 1. The Morgan fingerprint density at radius 3 is 2.77 bits per heavy atom. The zero-order valence-corrected chi connectivity index (χ0v) is 6.37. The number of rotatable bonds is 2. The van der Waals surface area contributed by atoms with E-state index in [0.717, 1.165) is 12.3 Å². The fourth-order valence-electron chi connectivity index (χ4n) is 0.826. The van der Waals surface area contributed by atoms with E-state index in [0.29, 0.717) is 6.29 Å². The summed E-state index contributed by atoms with van der Waals surface area (Å²) in [6.45, 7) is 0. The first-order chi connectivity index (χ1) is 6.19. The molecule has 0 bridgehead atoms. The number of alkyl halides is 2. The van der Waals surface area contributed by atoms with Crippen LogP contribution >= 0.6 is 0 Å². The van der Waals surface area contributed by atoms with Crippen LogP contribution in [0.3, 0.4) is 0 Å². The topological polar surface area (TPSA) is 53.8 Å². The van der Waals surface area contributed by atoms with E-state index in [2.05, 4.69) is 4.98 Å². The molecule has 0 aromatic carbocycles. The molecule has 0 N–H and O–H groups in total. The fraction of sp³-hybridized carbons (Fsp3) is 0.125. The van der Waals surface area contributed by atoms with Crippen molar-refractivity contribution in [3.63, 3.8) is 0 Å². The Kier molecular flexibility index (Phi) is 2.65. The van der Waals surface area contributed by atoms with Crippen molar-refractivity contribution in [2.45, 2.75) is 6.43 Å². The van der Waals surface area contributed by atoms with Crippen molar-refractivity contribution in [3.8, 4) is 6.07 Å². The Balaban J connectivity index is 3.27. The summed E-state index contributed by atoms with van der Waals surface area (Å²) < 4.78 is 24.5. The lowest BCUT2D eigenvalue weighted by Crippen LogP contribution is -1.95. The van der Waals surface area contributed by atoms with E-state index in [4.69, 9.17) is 5.26 Å². The first-order valence-corrected chi connectivity index (χ1v) is 3.32. The van der Waals surface area contributed by atoms with Crippen molar-refractivity contribution >= 4 is 6.29 Å². The normalized spacial score (nSPS) is 9.69. The molecule has 0 radical (unpaired) electrons. The highest BCUT2D eigenvalue weighted by Crippen LogP contribution is 2.21. The molecule has 0 unspecified atom stereocenters. The lowest BCUT2D eigenvalue weighted by molar-refractivity contribution is 0.111. The van der Waals surface area contributed by atoms with Gasteiger partial charge in [0.15, 0.2) is 6.29 Å². The van der Waals surface area contributed by atoms with Crippen LogP contribution in [0.4, 0.5) is 8.78 Å². The van der Waals surface area contributed by atoms with Gasteiger partial charge in [-0.1, -0.05) is 0 Å². The van der Waals surface area contributed by atoms with E-state index < -0.39 is 12.0 Å². The number of nitrogens with zero attached hydrogens (tertiary/aromatic N) is 2. The van der Waals surface area contributed by atoms with E-state index >= 15 is 0 Å². The van der Waals surface area contributed by atoms with Gasteiger partial charge in [-0.15, -0.1) is 0 Å². The molecule has 0 aliphatic carbocycles. The van der Waals surface area contributed by atoms with Crippen LogP contribution in [0.15, 0.2) is 12.3 Å². The summed E-state index contributed by atoms with van der Waals surface area (Å²) in [6, 6.07) is 2.48. The largest absolute Gasteiger partial charge is 0.296 e. The zero-order chi connectivity index (χ0) is 9.84. The molecule has 66 valence electrons. The van der Waals surface area contributed by atoms with E-state index in [1.54, 1.807) is 6.07 Å². The lowest BCUT2D eigenvalue weighted by atomic mass is 10.1. The van der Waals surface area contributed by atoms with Gasteiger partial charge in [-0.25, -0.2) is 8.78 Å². The first-order valence-electron chi connectivity index (χ1n) is 3.32. The van der Waals surface area contributed by atoms with Gasteiger partial charge in [-0.2, -0.15) is 5.26 Å². The molecule has 13 heavy (non-hydrogen) atoms. The quantitative estimate of drug-likeness (QED) is 0.654. The Bertz CT molecular complexity index is 371. The van der Waals surface area contributed by atoms with Gasteiger partial charge in [-0.3, -0.25) is 9.78 Å². The van der Waals surface area contributed by atoms with Crippen molar-refractivity contribution in [1.29, 1.82) is 5.26 Å². The zero-order valence-electron chi connectivity index (χ0n) is 6.37. The summed E-state index contributed by atoms with van der Waals surface area (Å²) >= 11 is 0. The molecule has 1 aromatic heterocycles. The number of aldehydes is 1. The van der Waals surface area contributed by atoms with Crippen LogP contribution in [0.25, 0.3) is 0 Å². The van der Waals surface area contributed by atoms with Crippen LogP contribution in [-0.2, 0) is 0 Å². The van der Waals surface area contributed by atoms with Crippen LogP contribution in [0.5, 0.6) is 0 Å². The van der Waals surface area contributed by atoms with Crippen molar-refractivity contribution in [3.05, 3.63) is 29.1 Å². The maximum Gasteiger partial charge on any atom is 0.265 e. The highest BCUT2D eigenvalue weighted by atomic mass is 19.3. The summed E-state index contributed by atoms with van der Waals surface area (Å²) in [7, 11) is 0. The SMILES string of the molecule is N#Cc1cnc(C=O)cc1C(F)F. The molecule has 1 heterocycles. The second-order valence-corrected chi connectivity index (χ2v) is 2.23. The summed E-state index contributed by atoms with van der Waals surface area (Å²) in [5.74, 6) is 0. The van der Waals surface area contributed by atoms with Crippen LogP contribution in [0.2, 0.25) is 0 Å². The molecule has 0 fully saturated rings. The van der Waals surface area contributed by atoms with Gasteiger partial charge in [0.2, 0.25) is 0 Å². The number of carbonyl (C=O) groups excluding carboxylic acids is 1. The van der Waals surface area contributed by atoms with Crippen molar-refractivity contribution in [1.82, 2.24) is 4.98 Å². The van der Waals surface area contributed by atoms with Gasteiger partial charge in [0.25, 0.3) is 6.43 Å². The number of halogens is 2. The van der Waals surface area contributed by atoms with E-state index in [1.807, 2.05) is 0 Å². The molecule has 5 heteroatoms. The van der Waals surface area contributed by atoms with E-state index in [1.165, 1.54) is 0 Å². The third-order valence-corrected chi connectivity index (χ3v) is 1.43. The minimum atomic E-state index is -2.77. The van der Waals surface area contributed by atoms with Crippen LogP contribution in [-0.4, -0.2) is 11.3 Å². The third kappa shape index (κ3) is 1.85. The molecule has 0 saturated heterocycles. The average molecular weight is 182 g/mol. The van der Waals surface area contributed by atoms with Crippen LogP contribution < -0.4 is 0 Å². The lowest BCUT2D eigenvalue weighted by Gasteiger charge is -2.01. The van der Waals surface area contributed by atoms with Gasteiger partial charge in [0.1, 0.15) is 11.8 Å². The maximum atomic E-state index is 12.2. The molecular formula is C8H4F2N2O. The minimum Gasteiger partial charge on any atom is -0.296 e. The Labute approximate surface area is 72.6 Å². The van der Waals surface area contributed by atoms with Crippen LogP contribution in [0.1, 0.15) is 28.0 Å². The molecule has 1 rings (SSSR count). The predicted molar refractivity (Wildman–Crippen MR) is 39.3 cm³/mol. The summed E-state index contributed by atoms with van der Waals surface area (Å²) in [5.41, 5.74) is -0.769. The number of hydrogen-bond donors (Lipinski definition) is 0. The molecule has 1 aromatic rings. The number of hydrogen-bond acceptors (Lipinski definition) is 3. The van der Waals surface area contributed by atoms with Crippen LogP contribution in [0, 0.1) is 11.3 Å². The molecule has 0 aliphatic rings. The van der Waals surface area contributed by atoms with Gasteiger partial charge in [0.05, 0.1) is 5.56 Å². The van der Waals surface area contributed by atoms with Gasteiger partial charge < -0.3 is 0 Å². The smallest absolute Gasteiger partial charge is 0.265 e. The molecular weight excluding hydrogens is 178 g/mol. The second-order valence-electron chi connectivity index (χ2n) is 2.23. The summed E-state index contributed by atoms with van der Waals surface area (Å²) in [5, 5.41) is 8.42. The monoisotopic (exact) mass is 182 g/mol. The van der Waals surface area contributed by atoms with Gasteiger partial charge in [-0.05, 0) is 6.07 Å². The third-order valence-electron chi connectivity index (χ3n) is 1.43. The van der Waals surface area contributed by atoms with E-state index in [9.17, 15) is 13.6 Å². The highest BCUT2D eigenvalue weighted by molar-refractivity contribution is 5.72. The average Bonchev–Trinajstić information content (AvgIpc) is 2.16. The fourth-order valence-corrected chi connectivity index (χ4v) is 0.826. The van der Waals surface area contributed by atoms with Crippen molar-refractivity contribution in [2.24, 2.45) is 0 Å². The Morgan fingerprint density at radius 2 is 2.31 bits per heavy atom. The second kappa shape index (κ2) is 3.72. The Hall–Kier alpha value is -1.83. The molecule has 0 saturated carbocycles. The Morgan fingerprint density at radius 1 is 1.62 bits per heavy atom. The first kappa shape index (κ1) is 9.26. The molecule has 0 atom stereocenters. The summed E-state index contributed by atoms with van der Waals surface area (Å²) in [4.78, 5) is 13.7. The van der Waals surface area contributed by atoms with E-state index in [-0.39, 0.29) is 11.3 Å². The minimum absolute atomic E-state index is 0.102. The number of aromatic nitrogens is 1. The molecule has 0 aliphatic heterocycles. The van der Waals surface area contributed by atoms with Gasteiger partial charge in [0, 0.05) is 11.8 Å². The summed E-state index contributed by atoms with van der Waals surface area (Å²) in [6.07, 6.45) is -1.45. The number of carbonyl (C=O) groups is 1. The molecule has 0 spiro atoms.